The van der Waals surface area contributed by atoms with Crippen LogP contribution in [0.1, 0.15) is 17.3 Å². The maximum atomic E-state index is 12.0. The molecule has 1 rings (SSSR count). The van der Waals surface area contributed by atoms with Gasteiger partial charge in [-0.25, -0.2) is 0 Å². The average Bonchev–Trinajstić information content (AvgIpc) is 2.25. The predicted molar refractivity (Wildman–Crippen MR) is 63.9 cm³/mol. The van der Waals surface area contributed by atoms with E-state index in [2.05, 4.69) is 0 Å². The Hall–Kier alpha value is -1.29. The fraction of sp³-hybridized carbons (Fsp3) is 0.333. The van der Waals surface area contributed by atoms with Gasteiger partial charge in [-0.15, -0.1) is 0 Å². The molecule has 0 bridgehead atoms. The number of benzene rings is 1. The van der Waals surface area contributed by atoms with Crippen molar-refractivity contribution in [1.82, 2.24) is 0 Å². The Morgan fingerprint density at radius 2 is 1.81 bits per heavy atom. The topological polar surface area (TPSA) is 51.2 Å². The highest BCUT2D eigenvalue weighted by Gasteiger charge is 2.25. The quantitative estimate of drug-likeness (QED) is 0.576. The molecular weight excluding hydrogens is 224 g/mol. The molecule has 4 heteroatoms. The number of hydrogen-bond donors (Lipinski definition) is 0. The maximum Gasteiger partial charge on any atom is 0.174 e. The van der Waals surface area contributed by atoms with Gasteiger partial charge in [0.2, 0.25) is 0 Å². The van der Waals surface area contributed by atoms with E-state index in [0.717, 1.165) is 0 Å². The van der Waals surface area contributed by atoms with Crippen LogP contribution in [-0.4, -0.2) is 27.8 Å². The van der Waals surface area contributed by atoms with Gasteiger partial charge in [0, 0.05) is 28.4 Å². The lowest BCUT2D eigenvalue weighted by atomic mass is 9.96. The lowest BCUT2D eigenvalue weighted by molar-refractivity contribution is -0.118. The smallest absolute Gasteiger partial charge is 0.174 e. The first kappa shape index (κ1) is 12.8. The summed E-state index contributed by atoms with van der Waals surface area (Å²) in [5, 5.41) is 0. The largest absolute Gasteiger partial charge is 0.299 e. The van der Waals surface area contributed by atoms with Crippen LogP contribution in [0, 0.1) is 5.92 Å². The molecule has 0 fully saturated rings. The number of hydrogen-bond acceptors (Lipinski definition) is 3. The van der Waals surface area contributed by atoms with Crippen LogP contribution in [0.25, 0.3) is 0 Å². The van der Waals surface area contributed by atoms with E-state index in [1.807, 2.05) is 0 Å². The number of ketones is 2. The van der Waals surface area contributed by atoms with Crippen molar-refractivity contribution in [2.45, 2.75) is 6.92 Å². The van der Waals surface area contributed by atoms with E-state index >= 15 is 0 Å². The summed E-state index contributed by atoms with van der Waals surface area (Å²) in [6.07, 6.45) is 1.49. The van der Waals surface area contributed by atoms with Crippen molar-refractivity contribution < 1.29 is 13.8 Å². The van der Waals surface area contributed by atoms with Crippen molar-refractivity contribution in [2.24, 2.45) is 5.92 Å². The van der Waals surface area contributed by atoms with Gasteiger partial charge >= 0.3 is 0 Å². The van der Waals surface area contributed by atoms with E-state index < -0.39 is 16.7 Å². The molecule has 0 N–H and O–H groups in total. The van der Waals surface area contributed by atoms with Crippen molar-refractivity contribution in [1.29, 1.82) is 0 Å². The summed E-state index contributed by atoms with van der Waals surface area (Å²) in [4.78, 5) is 23.3. The minimum Gasteiger partial charge on any atom is -0.299 e. The highest BCUT2D eigenvalue weighted by atomic mass is 32.2. The predicted octanol–water partition coefficient (Wildman–Crippen LogP) is 1.45. The van der Waals surface area contributed by atoms with Crippen LogP contribution < -0.4 is 0 Å². The van der Waals surface area contributed by atoms with Crippen molar-refractivity contribution in [2.75, 3.05) is 12.0 Å². The fourth-order valence-electron chi connectivity index (χ4n) is 1.42. The Bertz CT molecular complexity index is 412. The molecule has 1 aromatic rings. The Morgan fingerprint density at radius 3 is 2.25 bits per heavy atom. The Kier molecular flexibility index (Phi) is 4.55. The Morgan fingerprint density at radius 1 is 1.25 bits per heavy atom. The summed E-state index contributed by atoms with van der Waals surface area (Å²) >= 11 is 0. The van der Waals surface area contributed by atoms with Gasteiger partial charge in [0.25, 0.3) is 0 Å². The first-order valence-electron chi connectivity index (χ1n) is 4.92. The molecule has 0 aliphatic heterocycles. The van der Waals surface area contributed by atoms with Gasteiger partial charge in [-0.1, -0.05) is 30.3 Å². The van der Waals surface area contributed by atoms with Crippen molar-refractivity contribution in [3.05, 3.63) is 35.9 Å². The molecule has 3 nitrogen and oxygen atoms in total. The summed E-state index contributed by atoms with van der Waals surface area (Å²) in [7, 11) is -1.15. The molecule has 0 heterocycles. The zero-order chi connectivity index (χ0) is 12.1. The van der Waals surface area contributed by atoms with Crippen molar-refractivity contribution in [3.63, 3.8) is 0 Å². The number of Topliss-reactive ketones (excluding diaryl/α,β-unsaturated/α-hetero) is 2. The highest BCUT2D eigenvalue weighted by molar-refractivity contribution is 7.84. The Balaban J connectivity index is 2.92. The molecule has 1 aromatic carbocycles. The van der Waals surface area contributed by atoms with Crippen LogP contribution >= 0.6 is 0 Å². The van der Waals surface area contributed by atoms with E-state index in [0.29, 0.717) is 5.56 Å². The van der Waals surface area contributed by atoms with Gasteiger partial charge < -0.3 is 0 Å². The fourth-order valence-corrected chi connectivity index (χ4v) is 2.27. The Labute approximate surface area is 97.3 Å². The monoisotopic (exact) mass is 238 g/mol. The minimum absolute atomic E-state index is 0.100. The van der Waals surface area contributed by atoms with Gasteiger partial charge in [-0.2, -0.15) is 0 Å². The summed E-state index contributed by atoms with van der Waals surface area (Å²) in [5.41, 5.74) is 0.494. The van der Waals surface area contributed by atoms with Crippen molar-refractivity contribution in [3.8, 4) is 0 Å². The molecule has 0 saturated heterocycles. The molecule has 86 valence electrons. The van der Waals surface area contributed by atoms with Crippen LogP contribution in [-0.2, 0) is 15.6 Å². The third kappa shape index (κ3) is 3.38. The second-order valence-corrected chi connectivity index (χ2v) is 5.11. The first-order valence-corrected chi connectivity index (χ1v) is 6.65. The van der Waals surface area contributed by atoms with Gasteiger partial charge in [0.05, 0.1) is 5.92 Å². The second-order valence-electron chi connectivity index (χ2n) is 3.63. The molecular formula is C12H14O3S. The number of rotatable bonds is 5. The lowest BCUT2D eigenvalue weighted by Crippen LogP contribution is -2.27. The molecule has 16 heavy (non-hydrogen) atoms. The molecule has 0 aromatic heterocycles. The SMILES string of the molecule is CC(=O)C(CS(C)=O)C(=O)c1ccccc1. The molecule has 0 spiro atoms. The van der Waals surface area contributed by atoms with Gasteiger partial charge in [-0.05, 0) is 6.92 Å². The van der Waals surface area contributed by atoms with E-state index in [1.165, 1.54) is 13.2 Å². The summed E-state index contributed by atoms with van der Waals surface area (Å²) < 4.78 is 11.1. The van der Waals surface area contributed by atoms with Crippen LogP contribution in [0.2, 0.25) is 0 Å². The third-order valence-electron chi connectivity index (χ3n) is 2.27. The van der Waals surface area contributed by atoms with Crippen LogP contribution in [0.15, 0.2) is 30.3 Å². The first-order chi connectivity index (χ1) is 7.52. The van der Waals surface area contributed by atoms with Crippen molar-refractivity contribution >= 4 is 22.4 Å². The third-order valence-corrected chi connectivity index (χ3v) is 3.07. The molecule has 0 amide bonds. The van der Waals surface area contributed by atoms with E-state index in [1.54, 1.807) is 30.3 Å². The molecule has 0 radical (unpaired) electrons. The summed E-state index contributed by atoms with van der Waals surface area (Å²) in [5.74, 6) is -1.16. The van der Waals surface area contributed by atoms with Crippen LogP contribution in [0.3, 0.4) is 0 Å². The molecule has 0 aliphatic carbocycles. The zero-order valence-electron chi connectivity index (χ0n) is 9.30. The summed E-state index contributed by atoms with van der Waals surface area (Å²) in [6, 6.07) is 8.62. The van der Waals surface area contributed by atoms with Gasteiger partial charge in [0.1, 0.15) is 5.78 Å². The van der Waals surface area contributed by atoms with Gasteiger partial charge in [0.15, 0.2) is 5.78 Å². The maximum absolute atomic E-state index is 12.0. The average molecular weight is 238 g/mol. The normalized spacial score (nSPS) is 14.1. The van der Waals surface area contributed by atoms with E-state index in [9.17, 15) is 13.8 Å². The van der Waals surface area contributed by atoms with E-state index in [-0.39, 0.29) is 17.3 Å². The molecule has 0 saturated carbocycles. The van der Waals surface area contributed by atoms with Crippen LogP contribution in [0.4, 0.5) is 0 Å². The highest BCUT2D eigenvalue weighted by Crippen LogP contribution is 2.11. The standard InChI is InChI=1S/C12H14O3S/c1-9(13)11(8-16(2)15)12(14)10-6-4-3-5-7-10/h3-7,11H,8H2,1-2H3. The zero-order valence-corrected chi connectivity index (χ0v) is 10.1. The van der Waals surface area contributed by atoms with Crippen LogP contribution in [0.5, 0.6) is 0 Å². The summed E-state index contributed by atoms with van der Waals surface area (Å²) in [6.45, 7) is 1.36. The van der Waals surface area contributed by atoms with E-state index in [4.69, 9.17) is 0 Å². The minimum atomic E-state index is -1.15. The molecule has 0 aliphatic rings. The lowest BCUT2D eigenvalue weighted by Gasteiger charge is -2.10. The number of carbonyl (C=O) groups excluding carboxylic acids is 2. The second kappa shape index (κ2) is 5.70. The number of carbonyl (C=O) groups is 2. The van der Waals surface area contributed by atoms with Gasteiger partial charge in [-0.3, -0.25) is 13.8 Å². The molecule has 2 unspecified atom stereocenters. The molecule has 2 atom stereocenters.